The maximum atomic E-state index is 13.7. The van der Waals surface area contributed by atoms with E-state index in [0.717, 1.165) is 24.8 Å². The summed E-state index contributed by atoms with van der Waals surface area (Å²) in [5, 5.41) is 0. The SMILES string of the molecule is COCCCOc1cc(CN(C(=O)C2CC(N)CN(C(=O)OC(C)(C)C)C2)C2CC2)cc(OC)c1. The van der Waals surface area contributed by atoms with Crippen LogP contribution >= 0.6 is 0 Å². The maximum absolute atomic E-state index is 13.7. The van der Waals surface area contributed by atoms with Crippen molar-refractivity contribution in [2.24, 2.45) is 11.7 Å². The Balaban J connectivity index is 1.71. The van der Waals surface area contributed by atoms with Crippen molar-refractivity contribution >= 4 is 12.0 Å². The first-order valence-electron chi connectivity index (χ1n) is 12.4. The lowest BCUT2D eigenvalue weighted by atomic mass is 9.93. The van der Waals surface area contributed by atoms with Crippen LogP contribution in [0.1, 0.15) is 52.0 Å². The summed E-state index contributed by atoms with van der Waals surface area (Å²) in [7, 11) is 3.28. The highest BCUT2D eigenvalue weighted by molar-refractivity contribution is 5.81. The molecule has 1 aliphatic carbocycles. The average molecular weight is 492 g/mol. The van der Waals surface area contributed by atoms with Gasteiger partial charge in [0.05, 0.1) is 19.6 Å². The Hall–Kier alpha value is -2.52. The Morgan fingerprint density at radius 3 is 2.43 bits per heavy atom. The van der Waals surface area contributed by atoms with Gasteiger partial charge in [-0.25, -0.2) is 4.79 Å². The molecule has 0 bridgehead atoms. The fourth-order valence-electron chi connectivity index (χ4n) is 4.31. The third-order valence-corrected chi connectivity index (χ3v) is 6.04. The van der Waals surface area contributed by atoms with Crippen molar-refractivity contribution in [3.05, 3.63) is 23.8 Å². The predicted octanol–water partition coefficient (Wildman–Crippen LogP) is 3.19. The Bertz CT molecular complexity index is 867. The molecule has 1 aromatic carbocycles. The highest BCUT2D eigenvalue weighted by atomic mass is 16.6. The van der Waals surface area contributed by atoms with Crippen molar-refractivity contribution in [3.63, 3.8) is 0 Å². The molecule has 35 heavy (non-hydrogen) atoms. The second-order valence-electron chi connectivity index (χ2n) is 10.5. The Morgan fingerprint density at radius 2 is 1.80 bits per heavy atom. The van der Waals surface area contributed by atoms with E-state index in [-0.39, 0.29) is 23.9 Å². The van der Waals surface area contributed by atoms with E-state index in [1.807, 2.05) is 43.9 Å². The van der Waals surface area contributed by atoms with Crippen LogP contribution < -0.4 is 15.2 Å². The molecule has 1 aliphatic heterocycles. The monoisotopic (exact) mass is 491 g/mol. The van der Waals surface area contributed by atoms with E-state index >= 15 is 0 Å². The van der Waals surface area contributed by atoms with Crippen molar-refractivity contribution in [1.82, 2.24) is 9.80 Å². The minimum Gasteiger partial charge on any atom is -0.497 e. The predicted molar refractivity (Wildman–Crippen MR) is 132 cm³/mol. The molecule has 1 saturated heterocycles. The standard InChI is InChI=1S/C26H41N3O6/c1-26(2,3)35-25(31)28-16-19(13-20(27)17-28)24(30)29(21-7-8-21)15-18-11-22(33-5)14-23(12-18)34-10-6-9-32-4/h11-12,14,19-21H,6-10,13,15-17,27H2,1-5H3. The highest BCUT2D eigenvalue weighted by Gasteiger charge is 2.40. The number of rotatable bonds is 10. The normalized spacial score (nSPS) is 20.3. The number of amides is 2. The van der Waals surface area contributed by atoms with Gasteiger partial charge in [-0.15, -0.1) is 0 Å². The number of likely N-dealkylation sites (tertiary alicyclic amines) is 1. The van der Waals surface area contributed by atoms with Crippen LogP contribution in [-0.2, 0) is 20.8 Å². The number of methoxy groups -OCH3 is 2. The van der Waals surface area contributed by atoms with Gasteiger partial charge in [0, 0.05) is 57.9 Å². The molecule has 0 spiro atoms. The fraction of sp³-hybridized carbons (Fsp3) is 0.692. The Morgan fingerprint density at radius 1 is 1.09 bits per heavy atom. The average Bonchev–Trinajstić information content (AvgIpc) is 3.63. The van der Waals surface area contributed by atoms with Gasteiger partial charge in [-0.1, -0.05) is 0 Å². The number of benzene rings is 1. The number of piperidine rings is 1. The molecule has 0 radical (unpaired) electrons. The molecule has 2 aliphatic rings. The molecule has 1 heterocycles. The summed E-state index contributed by atoms with van der Waals surface area (Å²) in [5.74, 6) is 1.06. The van der Waals surface area contributed by atoms with Crippen molar-refractivity contribution in [1.29, 1.82) is 0 Å². The van der Waals surface area contributed by atoms with Gasteiger partial charge < -0.3 is 34.5 Å². The first kappa shape index (κ1) is 27.1. The zero-order valence-corrected chi connectivity index (χ0v) is 21.7. The van der Waals surface area contributed by atoms with Crippen LogP contribution in [0.25, 0.3) is 0 Å². The summed E-state index contributed by atoms with van der Waals surface area (Å²) < 4.78 is 22.0. The van der Waals surface area contributed by atoms with Crippen LogP contribution in [0.15, 0.2) is 18.2 Å². The second-order valence-corrected chi connectivity index (χ2v) is 10.5. The van der Waals surface area contributed by atoms with Gasteiger partial charge >= 0.3 is 6.09 Å². The topological polar surface area (TPSA) is 104 Å². The Labute approximate surface area is 208 Å². The number of carbonyl (C=O) groups is 2. The van der Waals surface area contributed by atoms with E-state index in [2.05, 4.69) is 0 Å². The number of ether oxygens (including phenoxy) is 4. The molecule has 1 saturated carbocycles. The summed E-state index contributed by atoms with van der Waals surface area (Å²) in [6, 6.07) is 5.67. The van der Waals surface area contributed by atoms with Crippen molar-refractivity contribution < 1.29 is 28.5 Å². The van der Waals surface area contributed by atoms with E-state index in [1.165, 1.54) is 0 Å². The van der Waals surface area contributed by atoms with Gasteiger partial charge in [-0.05, 0) is 57.7 Å². The van der Waals surface area contributed by atoms with Crippen molar-refractivity contribution in [3.8, 4) is 11.5 Å². The number of carbonyl (C=O) groups excluding carboxylic acids is 2. The summed E-state index contributed by atoms with van der Waals surface area (Å²) >= 11 is 0. The molecule has 2 atom stereocenters. The minimum absolute atomic E-state index is 0.0293. The summed E-state index contributed by atoms with van der Waals surface area (Å²) in [6.07, 6.45) is 2.86. The molecule has 3 rings (SSSR count). The van der Waals surface area contributed by atoms with Gasteiger partial charge in [0.1, 0.15) is 17.1 Å². The van der Waals surface area contributed by atoms with Crippen LogP contribution in [0.4, 0.5) is 4.79 Å². The van der Waals surface area contributed by atoms with Crippen LogP contribution in [0.5, 0.6) is 11.5 Å². The van der Waals surface area contributed by atoms with Crippen LogP contribution in [0.2, 0.25) is 0 Å². The molecule has 2 fully saturated rings. The number of hydrogen-bond donors (Lipinski definition) is 1. The van der Waals surface area contributed by atoms with E-state index < -0.39 is 11.7 Å². The first-order valence-corrected chi connectivity index (χ1v) is 12.4. The van der Waals surface area contributed by atoms with E-state index in [4.69, 9.17) is 24.7 Å². The molecule has 0 aromatic heterocycles. The molecule has 9 nitrogen and oxygen atoms in total. The third kappa shape index (κ3) is 8.28. The highest BCUT2D eigenvalue weighted by Crippen LogP contribution is 2.33. The van der Waals surface area contributed by atoms with Crippen LogP contribution in [-0.4, -0.2) is 80.0 Å². The summed E-state index contributed by atoms with van der Waals surface area (Å²) in [6.45, 7) is 7.81. The lowest BCUT2D eigenvalue weighted by Crippen LogP contribution is -2.54. The molecule has 196 valence electrons. The van der Waals surface area contributed by atoms with Gasteiger partial charge in [-0.2, -0.15) is 0 Å². The minimum atomic E-state index is -0.603. The smallest absolute Gasteiger partial charge is 0.410 e. The van der Waals surface area contributed by atoms with Gasteiger partial charge in [0.15, 0.2) is 0 Å². The van der Waals surface area contributed by atoms with Gasteiger partial charge in [0.25, 0.3) is 0 Å². The molecule has 2 unspecified atom stereocenters. The lowest BCUT2D eigenvalue weighted by Gasteiger charge is -2.38. The van der Waals surface area contributed by atoms with E-state index in [1.54, 1.807) is 19.1 Å². The van der Waals surface area contributed by atoms with Crippen LogP contribution in [0, 0.1) is 5.92 Å². The maximum Gasteiger partial charge on any atom is 0.410 e. The van der Waals surface area contributed by atoms with E-state index in [0.29, 0.717) is 50.8 Å². The first-order chi connectivity index (χ1) is 16.6. The van der Waals surface area contributed by atoms with Crippen LogP contribution in [0.3, 0.4) is 0 Å². The number of nitrogens with zero attached hydrogens (tertiary/aromatic N) is 2. The number of nitrogens with two attached hydrogens (primary N) is 1. The van der Waals surface area contributed by atoms with E-state index in [9.17, 15) is 9.59 Å². The molecule has 9 heteroatoms. The largest absolute Gasteiger partial charge is 0.497 e. The lowest BCUT2D eigenvalue weighted by molar-refractivity contribution is -0.138. The fourth-order valence-corrected chi connectivity index (χ4v) is 4.31. The number of hydrogen-bond acceptors (Lipinski definition) is 7. The molecule has 2 N–H and O–H groups in total. The summed E-state index contributed by atoms with van der Waals surface area (Å²) in [4.78, 5) is 29.8. The second kappa shape index (κ2) is 11.9. The zero-order valence-electron chi connectivity index (χ0n) is 21.7. The van der Waals surface area contributed by atoms with Gasteiger partial charge in [0.2, 0.25) is 5.91 Å². The quantitative estimate of drug-likeness (QED) is 0.501. The van der Waals surface area contributed by atoms with Crippen molar-refractivity contribution in [2.45, 2.75) is 70.7 Å². The molecule has 1 aromatic rings. The third-order valence-electron chi connectivity index (χ3n) is 6.04. The summed E-state index contributed by atoms with van der Waals surface area (Å²) in [5.41, 5.74) is 6.60. The molecular weight excluding hydrogens is 450 g/mol. The Kier molecular flexibility index (Phi) is 9.24. The zero-order chi connectivity index (χ0) is 25.6. The molecular formula is C26H41N3O6. The molecule has 2 amide bonds. The van der Waals surface area contributed by atoms with Gasteiger partial charge in [-0.3, -0.25) is 4.79 Å². The van der Waals surface area contributed by atoms with Crippen molar-refractivity contribution in [2.75, 3.05) is 40.5 Å².